The lowest BCUT2D eigenvalue weighted by Crippen LogP contribution is -2.26. The van der Waals surface area contributed by atoms with Crippen LogP contribution >= 0.6 is 22.9 Å². The van der Waals surface area contributed by atoms with E-state index < -0.39 is 16.0 Å². The van der Waals surface area contributed by atoms with Crippen molar-refractivity contribution in [3.63, 3.8) is 0 Å². The van der Waals surface area contributed by atoms with Gasteiger partial charge in [-0.1, -0.05) is 11.6 Å². The van der Waals surface area contributed by atoms with Crippen LogP contribution in [-0.4, -0.2) is 37.8 Å². The summed E-state index contributed by atoms with van der Waals surface area (Å²) in [6, 6.07) is 4.00. The summed E-state index contributed by atoms with van der Waals surface area (Å²) in [7, 11) is -1.17. The van der Waals surface area contributed by atoms with Gasteiger partial charge >= 0.3 is 5.97 Å². The molecule has 0 fully saturated rings. The van der Waals surface area contributed by atoms with Gasteiger partial charge in [0.2, 0.25) is 10.0 Å². The molecule has 0 aliphatic rings. The number of halogens is 1. The molecule has 0 unspecified atom stereocenters. The van der Waals surface area contributed by atoms with E-state index in [1.807, 2.05) is 6.92 Å². The number of rotatable bonds is 5. The number of carbonyl (C=O) groups is 1. The molecule has 124 valence electrons. The number of aryl methyl sites for hydroxylation is 1. The first-order valence-corrected chi connectivity index (χ1v) is 9.14. The molecule has 6 nitrogen and oxygen atoms in total. The molecule has 1 aromatic carbocycles. The summed E-state index contributed by atoms with van der Waals surface area (Å²) in [4.78, 5) is 16.4. The highest BCUT2D eigenvalue weighted by molar-refractivity contribution is 7.89. The Balaban J connectivity index is 2.36. The van der Waals surface area contributed by atoms with Gasteiger partial charge in [0.05, 0.1) is 22.7 Å². The van der Waals surface area contributed by atoms with Gasteiger partial charge < -0.3 is 4.74 Å². The molecule has 0 atom stereocenters. The van der Waals surface area contributed by atoms with Crippen LogP contribution in [0.15, 0.2) is 29.3 Å². The number of thiazole rings is 1. The van der Waals surface area contributed by atoms with Crippen molar-refractivity contribution in [2.75, 3.05) is 14.2 Å². The van der Waals surface area contributed by atoms with E-state index in [1.54, 1.807) is 6.20 Å². The van der Waals surface area contributed by atoms with Crippen molar-refractivity contribution in [3.05, 3.63) is 44.9 Å². The Morgan fingerprint density at radius 2 is 2.13 bits per heavy atom. The minimum absolute atomic E-state index is 0.0463. The number of carbonyl (C=O) groups excluding carboxylic acids is 1. The fraction of sp³-hybridized carbons (Fsp3) is 0.286. The molecule has 0 saturated carbocycles. The molecule has 9 heteroatoms. The summed E-state index contributed by atoms with van der Waals surface area (Å²) in [6.45, 7) is 2.02. The van der Waals surface area contributed by atoms with Crippen LogP contribution in [0.25, 0.3) is 0 Å². The molecule has 0 aliphatic carbocycles. The summed E-state index contributed by atoms with van der Waals surface area (Å²) >= 11 is 7.43. The predicted octanol–water partition coefficient (Wildman–Crippen LogP) is 2.71. The van der Waals surface area contributed by atoms with Gasteiger partial charge in [-0.3, -0.25) is 0 Å². The molecule has 0 spiro atoms. The van der Waals surface area contributed by atoms with Crippen LogP contribution in [0.2, 0.25) is 5.02 Å². The molecule has 0 N–H and O–H groups in total. The Morgan fingerprint density at radius 1 is 1.43 bits per heavy atom. The summed E-state index contributed by atoms with van der Waals surface area (Å²) < 4.78 is 31.2. The second-order valence-electron chi connectivity index (χ2n) is 4.74. The summed E-state index contributed by atoms with van der Waals surface area (Å²) in [6.07, 6.45) is 1.64. The molecule has 0 amide bonds. The Morgan fingerprint density at radius 3 is 2.70 bits per heavy atom. The predicted molar refractivity (Wildman–Crippen MR) is 88.3 cm³/mol. The quantitative estimate of drug-likeness (QED) is 0.752. The lowest BCUT2D eigenvalue weighted by molar-refractivity contribution is 0.0600. The van der Waals surface area contributed by atoms with E-state index >= 15 is 0 Å². The van der Waals surface area contributed by atoms with E-state index in [-0.39, 0.29) is 22.0 Å². The van der Waals surface area contributed by atoms with Crippen LogP contribution in [0.1, 0.15) is 20.2 Å². The van der Waals surface area contributed by atoms with Gasteiger partial charge in [-0.15, -0.1) is 11.3 Å². The van der Waals surface area contributed by atoms with E-state index in [4.69, 9.17) is 11.6 Å². The fourth-order valence-electron chi connectivity index (χ4n) is 1.90. The largest absolute Gasteiger partial charge is 0.465 e. The van der Waals surface area contributed by atoms with Crippen LogP contribution in [0.4, 0.5) is 0 Å². The first kappa shape index (κ1) is 17.9. The summed E-state index contributed by atoms with van der Waals surface area (Å²) in [5.41, 5.74) is 0.123. The van der Waals surface area contributed by atoms with Gasteiger partial charge in [-0.2, -0.15) is 4.31 Å². The number of methoxy groups -OCH3 is 1. The van der Waals surface area contributed by atoms with Crippen molar-refractivity contribution < 1.29 is 17.9 Å². The molecule has 2 aromatic rings. The maximum Gasteiger partial charge on any atom is 0.337 e. The zero-order valence-electron chi connectivity index (χ0n) is 12.7. The van der Waals surface area contributed by atoms with Crippen molar-refractivity contribution in [1.82, 2.24) is 9.29 Å². The number of esters is 1. The first-order chi connectivity index (χ1) is 10.8. The zero-order valence-corrected chi connectivity index (χ0v) is 15.1. The monoisotopic (exact) mass is 374 g/mol. The zero-order chi connectivity index (χ0) is 17.2. The lowest BCUT2D eigenvalue weighted by atomic mass is 10.2. The van der Waals surface area contributed by atoms with Crippen molar-refractivity contribution in [2.24, 2.45) is 0 Å². The smallest absolute Gasteiger partial charge is 0.337 e. The number of hydrogen-bond donors (Lipinski definition) is 0. The van der Waals surface area contributed by atoms with Gasteiger partial charge in [-0.05, 0) is 25.1 Å². The Kier molecular flexibility index (Phi) is 5.41. The van der Waals surface area contributed by atoms with Crippen LogP contribution < -0.4 is 0 Å². The minimum Gasteiger partial charge on any atom is -0.465 e. The molecule has 0 aliphatic heterocycles. The van der Waals surface area contributed by atoms with Crippen molar-refractivity contribution in [2.45, 2.75) is 18.4 Å². The van der Waals surface area contributed by atoms with E-state index in [9.17, 15) is 13.2 Å². The highest BCUT2D eigenvalue weighted by atomic mass is 35.5. The molecule has 0 radical (unpaired) electrons. The maximum absolute atomic E-state index is 12.7. The maximum atomic E-state index is 12.7. The van der Waals surface area contributed by atoms with Crippen LogP contribution in [-0.2, 0) is 21.3 Å². The lowest BCUT2D eigenvalue weighted by Gasteiger charge is -2.17. The third kappa shape index (κ3) is 3.89. The van der Waals surface area contributed by atoms with Gasteiger partial charge in [-0.25, -0.2) is 18.2 Å². The molecule has 0 saturated heterocycles. The number of aromatic nitrogens is 1. The van der Waals surface area contributed by atoms with E-state index in [0.717, 1.165) is 9.88 Å². The molecule has 2 rings (SSSR count). The Hall–Kier alpha value is -1.48. The standard InChI is InChI=1S/C14H15ClN2O4S2/c1-9-16-7-11(22-9)8-17(2)23(19,20)13-6-10(14(18)21-3)4-5-12(13)15/h4-7H,8H2,1-3H3. The van der Waals surface area contributed by atoms with E-state index in [1.165, 1.54) is 48.0 Å². The third-order valence-electron chi connectivity index (χ3n) is 3.09. The number of nitrogens with zero attached hydrogens (tertiary/aromatic N) is 2. The normalized spacial score (nSPS) is 11.7. The molecule has 1 aromatic heterocycles. The highest BCUT2D eigenvalue weighted by Gasteiger charge is 2.25. The Bertz CT molecular complexity index is 833. The average molecular weight is 375 g/mol. The summed E-state index contributed by atoms with van der Waals surface area (Å²) in [5, 5.41) is 0.904. The second kappa shape index (κ2) is 6.96. The number of sulfonamides is 1. The van der Waals surface area contributed by atoms with Crippen molar-refractivity contribution >= 4 is 38.9 Å². The molecular formula is C14H15ClN2O4S2. The second-order valence-corrected chi connectivity index (χ2v) is 8.48. The van der Waals surface area contributed by atoms with Crippen LogP contribution in [0, 0.1) is 6.92 Å². The first-order valence-electron chi connectivity index (χ1n) is 6.51. The average Bonchev–Trinajstić information content (AvgIpc) is 2.91. The third-order valence-corrected chi connectivity index (χ3v) is 6.27. The van der Waals surface area contributed by atoms with Gasteiger partial charge in [0.15, 0.2) is 0 Å². The van der Waals surface area contributed by atoms with Gasteiger partial charge in [0, 0.05) is 24.7 Å². The van der Waals surface area contributed by atoms with Gasteiger partial charge in [0.25, 0.3) is 0 Å². The Labute approximate surface area is 143 Å². The number of benzene rings is 1. The van der Waals surface area contributed by atoms with E-state index in [2.05, 4.69) is 9.72 Å². The van der Waals surface area contributed by atoms with Crippen LogP contribution in [0.3, 0.4) is 0 Å². The molecule has 23 heavy (non-hydrogen) atoms. The highest BCUT2D eigenvalue weighted by Crippen LogP contribution is 2.27. The van der Waals surface area contributed by atoms with Crippen LogP contribution in [0.5, 0.6) is 0 Å². The molecular weight excluding hydrogens is 360 g/mol. The van der Waals surface area contributed by atoms with Crippen molar-refractivity contribution in [3.8, 4) is 0 Å². The minimum atomic E-state index is -3.85. The van der Waals surface area contributed by atoms with E-state index in [0.29, 0.717) is 0 Å². The summed E-state index contributed by atoms with van der Waals surface area (Å²) in [5.74, 6) is -0.626. The van der Waals surface area contributed by atoms with Gasteiger partial charge in [0.1, 0.15) is 4.90 Å². The fourth-order valence-corrected chi connectivity index (χ4v) is 4.47. The SMILES string of the molecule is COC(=O)c1ccc(Cl)c(S(=O)(=O)N(C)Cc2cnc(C)s2)c1. The topological polar surface area (TPSA) is 76.6 Å². The number of ether oxygens (including phenoxy) is 1. The number of hydrogen-bond acceptors (Lipinski definition) is 6. The molecule has 1 heterocycles. The molecule has 0 bridgehead atoms. The van der Waals surface area contributed by atoms with Crippen molar-refractivity contribution in [1.29, 1.82) is 0 Å².